The predicted molar refractivity (Wildman–Crippen MR) is 115 cm³/mol. The zero-order valence-corrected chi connectivity index (χ0v) is 17.3. The Morgan fingerprint density at radius 1 is 1.06 bits per heavy atom. The Labute approximate surface area is 177 Å². The van der Waals surface area contributed by atoms with Crippen molar-refractivity contribution in [2.75, 3.05) is 5.32 Å². The van der Waals surface area contributed by atoms with Crippen molar-refractivity contribution in [1.29, 1.82) is 0 Å². The van der Waals surface area contributed by atoms with Crippen molar-refractivity contribution < 1.29 is 9.21 Å². The van der Waals surface area contributed by atoms with Crippen LogP contribution >= 0.6 is 0 Å². The van der Waals surface area contributed by atoms with Crippen LogP contribution in [0.25, 0.3) is 17.1 Å². The van der Waals surface area contributed by atoms with E-state index in [0.29, 0.717) is 22.8 Å². The summed E-state index contributed by atoms with van der Waals surface area (Å²) in [5.74, 6) is -0.0526. The number of hydrogen-bond donors (Lipinski definition) is 1. The number of amides is 1. The van der Waals surface area contributed by atoms with Crippen LogP contribution in [0, 0.1) is 6.92 Å². The molecule has 1 N–H and O–H groups in total. The average Bonchev–Trinajstić information content (AvgIpc) is 3.38. The van der Waals surface area contributed by atoms with Gasteiger partial charge < -0.3 is 9.73 Å². The number of carbonyl (C=O) groups excluding carboxylic acids is 1. The molecule has 158 valence electrons. The number of hydrogen-bond acceptors (Lipinski definition) is 5. The van der Waals surface area contributed by atoms with Gasteiger partial charge in [-0.25, -0.2) is 9.36 Å². The molecule has 9 nitrogen and oxygen atoms in total. The highest BCUT2D eigenvalue weighted by molar-refractivity contribution is 5.93. The van der Waals surface area contributed by atoms with Gasteiger partial charge in [-0.3, -0.25) is 19.1 Å². The van der Waals surface area contributed by atoms with Crippen LogP contribution in [0.5, 0.6) is 0 Å². The molecule has 1 aromatic carbocycles. The average molecular weight is 419 g/mol. The van der Waals surface area contributed by atoms with Crippen LogP contribution in [-0.4, -0.2) is 25.1 Å². The molecule has 3 aromatic heterocycles. The number of rotatable bonds is 5. The van der Waals surface area contributed by atoms with E-state index in [0.717, 1.165) is 4.68 Å². The maximum Gasteiger partial charge on any atom is 0.295 e. The maximum atomic E-state index is 13.0. The molecule has 1 amide bonds. The van der Waals surface area contributed by atoms with E-state index in [-0.39, 0.29) is 11.2 Å². The molecular formula is C22H21N5O4. The Bertz CT molecular complexity index is 1350. The predicted octanol–water partition coefficient (Wildman–Crippen LogP) is 2.50. The SMILES string of the molecule is Cc1c(NC(=O)C(C)n2nc(-c3ccco3)ccc2=O)c(=O)n(-c2ccccc2)n1C. The summed E-state index contributed by atoms with van der Waals surface area (Å²) in [4.78, 5) is 38.3. The minimum atomic E-state index is -0.952. The standard InChI is InChI=1S/C22H21N5O4/c1-14-20(22(30)27(25(14)3)16-8-5-4-6-9-16)23-21(29)15(2)26-19(28)12-11-17(24-26)18-10-7-13-31-18/h4-13,15H,1-3H3,(H,23,29). The molecule has 4 aromatic rings. The Morgan fingerprint density at radius 2 is 1.81 bits per heavy atom. The van der Waals surface area contributed by atoms with E-state index < -0.39 is 17.5 Å². The van der Waals surface area contributed by atoms with Crippen LogP contribution < -0.4 is 16.4 Å². The van der Waals surface area contributed by atoms with Gasteiger partial charge in [0, 0.05) is 13.1 Å². The van der Waals surface area contributed by atoms with Gasteiger partial charge in [-0.15, -0.1) is 0 Å². The Morgan fingerprint density at radius 3 is 2.48 bits per heavy atom. The number of anilines is 1. The first-order chi connectivity index (χ1) is 14.9. The van der Waals surface area contributed by atoms with Crippen LogP contribution in [0.15, 0.2) is 74.9 Å². The van der Waals surface area contributed by atoms with E-state index in [9.17, 15) is 14.4 Å². The normalized spacial score (nSPS) is 12.0. The lowest BCUT2D eigenvalue weighted by Crippen LogP contribution is -2.34. The molecule has 0 saturated heterocycles. The smallest absolute Gasteiger partial charge is 0.295 e. The highest BCUT2D eigenvalue weighted by Gasteiger charge is 2.23. The summed E-state index contributed by atoms with van der Waals surface area (Å²) in [5.41, 5.74) is 1.03. The molecule has 1 atom stereocenters. The van der Waals surface area contributed by atoms with Crippen molar-refractivity contribution in [1.82, 2.24) is 19.1 Å². The number of carbonyl (C=O) groups is 1. The second-order valence-corrected chi connectivity index (χ2v) is 7.08. The monoisotopic (exact) mass is 419 g/mol. The van der Waals surface area contributed by atoms with Gasteiger partial charge in [0.05, 0.1) is 17.6 Å². The van der Waals surface area contributed by atoms with E-state index in [2.05, 4.69) is 10.4 Å². The molecule has 31 heavy (non-hydrogen) atoms. The molecule has 0 fully saturated rings. The molecule has 3 heterocycles. The molecule has 0 saturated carbocycles. The van der Waals surface area contributed by atoms with Gasteiger partial charge in [-0.05, 0) is 44.2 Å². The van der Waals surface area contributed by atoms with Crippen molar-refractivity contribution in [2.24, 2.45) is 7.05 Å². The molecule has 4 rings (SSSR count). The lowest BCUT2D eigenvalue weighted by atomic mass is 10.2. The minimum Gasteiger partial charge on any atom is -0.463 e. The largest absolute Gasteiger partial charge is 0.463 e. The summed E-state index contributed by atoms with van der Waals surface area (Å²) in [6.45, 7) is 3.28. The number of para-hydroxylation sites is 1. The summed E-state index contributed by atoms with van der Waals surface area (Å²) in [6.07, 6.45) is 1.50. The van der Waals surface area contributed by atoms with Crippen molar-refractivity contribution in [3.63, 3.8) is 0 Å². The van der Waals surface area contributed by atoms with Gasteiger partial charge in [-0.2, -0.15) is 5.10 Å². The molecule has 0 aliphatic rings. The van der Waals surface area contributed by atoms with Crippen molar-refractivity contribution in [2.45, 2.75) is 19.9 Å². The number of benzene rings is 1. The van der Waals surface area contributed by atoms with E-state index in [1.807, 2.05) is 18.2 Å². The molecule has 0 aliphatic heterocycles. The van der Waals surface area contributed by atoms with Gasteiger partial charge in [0.2, 0.25) is 5.91 Å². The first-order valence-electron chi connectivity index (χ1n) is 9.67. The maximum absolute atomic E-state index is 13.0. The van der Waals surface area contributed by atoms with Gasteiger partial charge in [0.25, 0.3) is 11.1 Å². The van der Waals surface area contributed by atoms with Gasteiger partial charge in [0.1, 0.15) is 17.4 Å². The topological polar surface area (TPSA) is 104 Å². The van der Waals surface area contributed by atoms with Gasteiger partial charge >= 0.3 is 0 Å². The highest BCUT2D eigenvalue weighted by Crippen LogP contribution is 2.18. The van der Waals surface area contributed by atoms with Crippen molar-refractivity contribution in [3.05, 3.63) is 87.3 Å². The molecule has 0 aliphatic carbocycles. The molecule has 0 radical (unpaired) electrons. The molecule has 0 spiro atoms. The lowest BCUT2D eigenvalue weighted by molar-refractivity contribution is -0.119. The fraction of sp³-hybridized carbons (Fsp3) is 0.182. The van der Waals surface area contributed by atoms with Crippen molar-refractivity contribution in [3.8, 4) is 17.1 Å². The van der Waals surface area contributed by atoms with E-state index in [4.69, 9.17) is 4.42 Å². The fourth-order valence-corrected chi connectivity index (χ4v) is 3.31. The van der Waals surface area contributed by atoms with Crippen LogP contribution in [0.4, 0.5) is 5.69 Å². The number of nitrogens with one attached hydrogen (secondary N) is 1. The van der Waals surface area contributed by atoms with Crippen LogP contribution in [0.3, 0.4) is 0 Å². The van der Waals surface area contributed by atoms with E-state index in [1.165, 1.54) is 23.1 Å². The molecular weight excluding hydrogens is 398 g/mol. The van der Waals surface area contributed by atoms with E-state index >= 15 is 0 Å². The van der Waals surface area contributed by atoms with Crippen molar-refractivity contribution >= 4 is 11.6 Å². The zero-order chi connectivity index (χ0) is 22.1. The Kier molecular flexibility index (Phi) is 5.16. The molecule has 9 heteroatoms. The Balaban J connectivity index is 1.66. The summed E-state index contributed by atoms with van der Waals surface area (Å²) in [7, 11) is 1.74. The number of aromatic nitrogens is 4. The number of nitrogens with zero attached hydrogens (tertiary/aromatic N) is 4. The third kappa shape index (κ3) is 3.61. The quantitative estimate of drug-likeness (QED) is 0.535. The van der Waals surface area contributed by atoms with Crippen LogP contribution in [0.2, 0.25) is 0 Å². The minimum absolute atomic E-state index is 0.151. The van der Waals surface area contributed by atoms with Crippen LogP contribution in [-0.2, 0) is 11.8 Å². The van der Waals surface area contributed by atoms with Gasteiger partial charge in [0.15, 0.2) is 5.76 Å². The third-order valence-electron chi connectivity index (χ3n) is 5.15. The van der Waals surface area contributed by atoms with E-state index in [1.54, 1.807) is 49.8 Å². The summed E-state index contributed by atoms with van der Waals surface area (Å²) < 4.78 is 9.52. The Hall–Kier alpha value is -4.14. The lowest BCUT2D eigenvalue weighted by Gasteiger charge is -2.14. The highest BCUT2D eigenvalue weighted by atomic mass is 16.3. The molecule has 1 unspecified atom stereocenters. The third-order valence-corrected chi connectivity index (χ3v) is 5.15. The van der Waals surface area contributed by atoms with Gasteiger partial charge in [-0.1, -0.05) is 18.2 Å². The first-order valence-corrected chi connectivity index (χ1v) is 9.67. The number of furan rings is 1. The van der Waals surface area contributed by atoms with Crippen LogP contribution in [0.1, 0.15) is 18.7 Å². The summed E-state index contributed by atoms with van der Waals surface area (Å²) >= 11 is 0. The molecule has 0 bridgehead atoms. The second kappa shape index (κ2) is 7.94. The zero-order valence-electron chi connectivity index (χ0n) is 17.3. The summed E-state index contributed by atoms with van der Waals surface area (Å²) in [6, 6.07) is 14.4. The summed E-state index contributed by atoms with van der Waals surface area (Å²) in [5, 5.41) is 6.93. The first kappa shape index (κ1) is 20.1. The fourth-order valence-electron chi connectivity index (χ4n) is 3.31. The second-order valence-electron chi connectivity index (χ2n) is 7.08.